The standard InChI is InChI=1S/C7H14N4O3/c8-6(11-13)3-9-7(12)10-5-1-2-14-4-5/h5,13H,1-4H2,(H2,8,11)(H2,9,10,12). The SMILES string of the molecule is NC(CNC(=O)NC1CCOC1)=NO. The third-order valence-corrected chi connectivity index (χ3v) is 1.82. The molecule has 1 heterocycles. The van der Waals surface area contributed by atoms with Gasteiger partial charge in [0.2, 0.25) is 0 Å². The molecule has 0 radical (unpaired) electrons. The molecule has 0 aromatic heterocycles. The fourth-order valence-electron chi connectivity index (χ4n) is 1.09. The zero-order valence-corrected chi connectivity index (χ0v) is 7.69. The van der Waals surface area contributed by atoms with Crippen LogP contribution in [0.15, 0.2) is 5.16 Å². The molecule has 7 heteroatoms. The Labute approximate surface area is 81.3 Å². The highest BCUT2D eigenvalue weighted by Crippen LogP contribution is 2.02. The summed E-state index contributed by atoms with van der Waals surface area (Å²) in [6, 6.07) is -0.283. The molecule has 7 nitrogen and oxygen atoms in total. The van der Waals surface area contributed by atoms with Crippen molar-refractivity contribution >= 4 is 11.9 Å². The van der Waals surface area contributed by atoms with Crippen LogP contribution < -0.4 is 16.4 Å². The lowest BCUT2D eigenvalue weighted by Crippen LogP contribution is -2.45. The highest BCUT2D eigenvalue weighted by molar-refractivity contribution is 5.86. The van der Waals surface area contributed by atoms with E-state index in [4.69, 9.17) is 15.7 Å². The molecular weight excluding hydrogens is 188 g/mol. The molecule has 0 aromatic carbocycles. The minimum atomic E-state index is -0.341. The summed E-state index contributed by atoms with van der Waals surface area (Å²) in [4.78, 5) is 11.1. The summed E-state index contributed by atoms with van der Waals surface area (Å²) in [5.41, 5.74) is 5.16. The van der Waals surface area contributed by atoms with Crippen molar-refractivity contribution in [2.75, 3.05) is 19.8 Å². The summed E-state index contributed by atoms with van der Waals surface area (Å²) in [5.74, 6) is -0.0391. The number of nitrogens with one attached hydrogen (secondary N) is 2. The van der Waals surface area contributed by atoms with Crippen LogP contribution in [-0.2, 0) is 4.74 Å². The molecule has 0 spiro atoms. The fraction of sp³-hybridized carbons (Fsp3) is 0.714. The number of ether oxygens (including phenoxy) is 1. The average Bonchev–Trinajstić information content (AvgIpc) is 2.66. The van der Waals surface area contributed by atoms with E-state index in [0.717, 1.165) is 6.42 Å². The number of rotatable bonds is 3. The van der Waals surface area contributed by atoms with Crippen molar-refractivity contribution < 1.29 is 14.7 Å². The lowest BCUT2D eigenvalue weighted by atomic mass is 10.3. The zero-order chi connectivity index (χ0) is 10.4. The van der Waals surface area contributed by atoms with Crippen LogP contribution in [0.25, 0.3) is 0 Å². The predicted molar refractivity (Wildman–Crippen MR) is 49.2 cm³/mol. The van der Waals surface area contributed by atoms with E-state index in [-0.39, 0.29) is 24.5 Å². The van der Waals surface area contributed by atoms with Crippen LogP contribution in [-0.4, -0.2) is 42.9 Å². The van der Waals surface area contributed by atoms with Crippen molar-refractivity contribution in [2.24, 2.45) is 10.9 Å². The van der Waals surface area contributed by atoms with Crippen LogP contribution in [0.3, 0.4) is 0 Å². The summed E-state index contributed by atoms with van der Waals surface area (Å²) in [5, 5.41) is 16.1. The van der Waals surface area contributed by atoms with Gasteiger partial charge in [0, 0.05) is 6.61 Å². The maximum Gasteiger partial charge on any atom is 0.315 e. The molecule has 2 amide bonds. The van der Waals surface area contributed by atoms with Gasteiger partial charge in [0.25, 0.3) is 0 Å². The number of amidine groups is 1. The zero-order valence-electron chi connectivity index (χ0n) is 7.69. The largest absolute Gasteiger partial charge is 0.409 e. The molecule has 0 aromatic rings. The second-order valence-corrected chi connectivity index (χ2v) is 2.98. The molecule has 0 aliphatic carbocycles. The minimum absolute atomic E-state index is 0.0237. The van der Waals surface area contributed by atoms with Crippen LogP contribution in [0.5, 0.6) is 0 Å². The highest BCUT2D eigenvalue weighted by Gasteiger charge is 2.17. The van der Waals surface area contributed by atoms with E-state index >= 15 is 0 Å². The van der Waals surface area contributed by atoms with E-state index in [1.54, 1.807) is 0 Å². The second-order valence-electron chi connectivity index (χ2n) is 2.98. The molecule has 1 aliphatic rings. The van der Waals surface area contributed by atoms with E-state index in [1.807, 2.05) is 0 Å². The van der Waals surface area contributed by atoms with E-state index in [0.29, 0.717) is 13.2 Å². The van der Waals surface area contributed by atoms with Gasteiger partial charge in [0.05, 0.1) is 19.2 Å². The number of nitrogens with two attached hydrogens (primary N) is 1. The van der Waals surface area contributed by atoms with Crippen molar-refractivity contribution in [3.8, 4) is 0 Å². The molecule has 14 heavy (non-hydrogen) atoms. The van der Waals surface area contributed by atoms with Gasteiger partial charge in [-0.1, -0.05) is 5.16 Å². The van der Waals surface area contributed by atoms with E-state index in [2.05, 4.69) is 15.8 Å². The molecule has 0 saturated carbocycles. The molecule has 5 N–H and O–H groups in total. The minimum Gasteiger partial charge on any atom is -0.409 e. The number of amides is 2. The molecule has 1 saturated heterocycles. The summed E-state index contributed by atoms with van der Waals surface area (Å²) in [7, 11) is 0. The van der Waals surface area contributed by atoms with Gasteiger partial charge in [-0.2, -0.15) is 0 Å². The Morgan fingerprint density at radius 2 is 2.50 bits per heavy atom. The number of carbonyl (C=O) groups excluding carboxylic acids is 1. The van der Waals surface area contributed by atoms with Crippen molar-refractivity contribution in [1.29, 1.82) is 0 Å². The molecule has 1 unspecified atom stereocenters. The Morgan fingerprint density at radius 1 is 1.71 bits per heavy atom. The summed E-state index contributed by atoms with van der Waals surface area (Å²) < 4.78 is 5.07. The second kappa shape index (κ2) is 5.28. The van der Waals surface area contributed by atoms with Gasteiger partial charge in [-0.25, -0.2) is 4.79 Å². The Hall–Kier alpha value is -1.50. The molecule has 1 rings (SSSR count). The maximum absolute atomic E-state index is 11.1. The average molecular weight is 202 g/mol. The van der Waals surface area contributed by atoms with Gasteiger partial charge in [-0.05, 0) is 6.42 Å². The third-order valence-electron chi connectivity index (χ3n) is 1.82. The van der Waals surface area contributed by atoms with Crippen LogP contribution in [0.2, 0.25) is 0 Å². The monoisotopic (exact) mass is 202 g/mol. The highest BCUT2D eigenvalue weighted by atomic mass is 16.5. The molecule has 1 aliphatic heterocycles. The first-order valence-electron chi connectivity index (χ1n) is 4.31. The summed E-state index contributed by atoms with van der Waals surface area (Å²) >= 11 is 0. The number of nitrogens with zero attached hydrogens (tertiary/aromatic N) is 1. The Morgan fingerprint density at radius 3 is 3.07 bits per heavy atom. The quantitative estimate of drug-likeness (QED) is 0.200. The topological polar surface area (TPSA) is 109 Å². The van der Waals surface area contributed by atoms with E-state index in [9.17, 15) is 4.79 Å². The lowest BCUT2D eigenvalue weighted by Gasteiger charge is -2.10. The van der Waals surface area contributed by atoms with Gasteiger partial charge in [-0.3, -0.25) is 0 Å². The van der Waals surface area contributed by atoms with Gasteiger partial charge >= 0.3 is 6.03 Å². The smallest absolute Gasteiger partial charge is 0.315 e. The van der Waals surface area contributed by atoms with E-state index in [1.165, 1.54) is 0 Å². The first-order valence-corrected chi connectivity index (χ1v) is 4.31. The number of oxime groups is 1. The van der Waals surface area contributed by atoms with Crippen LogP contribution in [0.4, 0.5) is 4.79 Å². The Bertz CT molecular complexity index is 225. The number of carbonyl (C=O) groups is 1. The van der Waals surface area contributed by atoms with Crippen molar-refractivity contribution in [3.05, 3.63) is 0 Å². The van der Waals surface area contributed by atoms with Crippen molar-refractivity contribution in [3.63, 3.8) is 0 Å². The summed E-state index contributed by atoms with van der Waals surface area (Å²) in [6.45, 7) is 1.23. The van der Waals surface area contributed by atoms with E-state index < -0.39 is 0 Å². The molecule has 1 atom stereocenters. The molecule has 0 bridgehead atoms. The third kappa shape index (κ3) is 3.48. The van der Waals surface area contributed by atoms with Gasteiger partial charge in [0.15, 0.2) is 5.84 Å². The number of urea groups is 1. The molecular formula is C7H14N4O3. The first kappa shape index (κ1) is 10.6. The fourth-order valence-corrected chi connectivity index (χ4v) is 1.09. The first-order chi connectivity index (χ1) is 6.72. The lowest BCUT2D eigenvalue weighted by molar-refractivity contribution is 0.188. The Kier molecular flexibility index (Phi) is 3.99. The maximum atomic E-state index is 11.1. The van der Waals surface area contributed by atoms with Crippen LogP contribution in [0, 0.1) is 0 Å². The van der Waals surface area contributed by atoms with Crippen molar-refractivity contribution in [2.45, 2.75) is 12.5 Å². The van der Waals surface area contributed by atoms with Crippen LogP contribution in [0.1, 0.15) is 6.42 Å². The Balaban J connectivity index is 2.15. The van der Waals surface area contributed by atoms with Gasteiger partial charge in [0.1, 0.15) is 0 Å². The van der Waals surface area contributed by atoms with Crippen molar-refractivity contribution in [1.82, 2.24) is 10.6 Å². The van der Waals surface area contributed by atoms with Gasteiger partial charge in [-0.15, -0.1) is 0 Å². The van der Waals surface area contributed by atoms with Crippen LogP contribution >= 0.6 is 0 Å². The summed E-state index contributed by atoms with van der Waals surface area (Å²) in [6.07, 6.45) is 0.816. The number of hydrogen-bond donors (Lipinski definition) is 4. The molecule has 80 valence electrons. The predicted octanol–water partition coefficient (Wildman–Crippen LogP) is -1.18. The molecule has 1 fully saturated rings. The van der Waals surface area contributed by atoms with Gasteiger partial charge < -0.3 is 26.3 Å². The normalized spacial score (nSPS) is 22.0. The number of hydrogen-bond acceptors (Lipinski definition) is 4.